The van der Waals surface area contributed by atoms with Gasteiger partial charge >= 0.3 is 0 Å². The Hall–Kier alpha value is -1.64. The van der Waals surface area contributed by atoms with Gasteiger partial charge in [0.25, 0.3) is 0 Å². The van der Waals surface area contributed by atoms with Gasteiger partial charge in [-0.15, -0.1) is 0 Å². The lowest BCUT2D eigenvalue weighted by molar-refractivity contribution is 0.111. The Morgan fingerprint density at radius 2 is 2.33 bits per heavy atom. The highest BCUT2D eigenvalue weighted by atomic mass is 16.1. The van der Waals surface area contributed by atoms with E-state index in [4.69, 9.17) is 0 Å². The molecule has 0 radical (unpaired) electrons. The van der Waals surface area contributed by atoms with Crippen LogP contribution in [0.1, 0.15) is 16.2 Å². The zero-order valence-corrected chi connectivity index (χ0v) is 6.69. The van der Waals surface area contributed by atoms with Crippen LogP contribution in [0, 0.1) is 6.92 Å². The Morgan fingerprint density at radius 1 is 1.50 bits per heavy atom. The molecule has 60 valence electrons. The van der Waals surface area contributed by atoms with Crippen LogP contribution in [0.15, 0.2) is 24.3 Å². The quantitative estimate of drug-likeness (QED) is 0.592. The van der Waals surface area contributed by atoms with Gasteiger partial charge in [0.05, 0.1) is 11.2 Å². The van der Waals surface area contributed by atoms with E-state index < -0.39 is 0 Å². The Labute approximate surface area is 69.6 Å². The van der Waals surface area contributed by atoms with Crippen LogP contribution in [0.5, 0.6) is 0 Å². The summed E-state index contributed by atoms with van der Waals surface area (Å²) < 4.78 is 1.64. The Balaban J connectivity index is 2.86. The first kappa shape index (κ1) is 7.03. The van der Waals surface area contributed by atoms with Crippen LogP contribution in [0.3, 0.4) is 0 Å². The number of carbonyl (C=O) groups is 1. The Kier molecular flexibility index (Phi) is 1.43. The van der Waals surface area contributed by atoms with E-state index >= 15 is 0 Å². The topological polar surface area (TPSA) is 34.4 Å². The van der Waals surface area contributed by atoms with E-state index in [1.807, 2.05) is 25.1 Å². The predicted molar refractivity (Wildman–Crippen MR) is 45.3 cm³/mol. The molecule has 2 rings (SSSR count). The number of hydrogen-bond acceptors (Lipinski definition) is 2. The van der Waals surface area contributed by atoms with Crippen molar-refractivity contribution in [2.45, 2.75) is 6.92 Å². The fraction of sp³-hybridized carbons (Fsp3) is 0.111. The maximum Gasteiger partial charge on any atom is 0.168 e. The summed E-state index contributed by atoms with van der Waals surface area (Å²) >= 11 is 0. The van der Waals surface area contributed by atoms with E-state index in [9.17, 15) is 4.79 Å². The molecule has 0 bridgehead atoms. The van der Waals surface area contributed by atoms with Crippen LogP contribution in [-0.2, 0) is 0 Å². The summed E-state index contributed by atoms with van der Waals surface area (Å²) in [4.78, 5) is 10.6. The third-order valence-electron chi connectivity index (χ3n) is 1.76. The fourth-order valence-corrected chi connectivity index (χ4v) is 1.25. The number of aromatic nitrogens is 2. The van der Waals surface area contributed by atoms with Gasteiger partial charge in [-0.2, -0.15) is 5.10 Å². The van der Waals surface area contributed by atoms with Crippen molar-refractivity contribution < 1.29 is 4.79 Å². The molecule has 3 heteroatoms. The molecule has 2 heterocycles. The van der Waals surface area contributed by atoms with Crippen LogP contribution in [0.2, 0.25) is 0 Å². The lowest BCUT2D eigenvalue weighted by atomic mass is 10.3. The summed E-state index contributed by atoms with van der Waals surface area (Å²) in [6.45, 7) is 1.90. The molecule has 0 saturated heterocycles. The molecule has 0 amide bonds. The van der Waals surface area contributed by atoms with Gasteiger partial charge in [0.15, 0.2) is 6.29 Å². The second-order valence-electron chi connectivity index (χ2n) is 2.69. The predicted octanol–water partition coefficient (Wildman–Crippen LogP) is 1.46. The van der Waals surface area contributed by atoms with Crippen molar-refractivity contribution in [3.05, 3.63) is 35.7 Å². The lowest BCUT2D eigenvalue weighted by Crippen LogP contribution is -1.95. The lowest BCUT2D eigenvalue weighted by Gasteiger charge is -1.94. The first-order chi connectivity index (χ1) is 5.81. The largest absolute Gasteiger partial charge is 0.296 e. The first-order valence-electron chi connectivity index (χ1n) is 3.72. The van der Waals surface area contributed by atoms with Crippen LogP contribution >= 0.6 is 0 Å². The van der Waals surface area contributed by atoms with Crippen molar-refractivity contribution in [3.63, 3.8) is 0 Å². The molecule has 2 aromatic rings. The maximum atomic E-state index is 10.6. The van der Waals surface area contributed by atoms with Crippen molar-refractivity contribution in [2.24, 2.45) is 0 Å². The molecule has 12 heavy (non-hydrogen) atoms. The van der Waals surface area contributed by atoms with Gasteiger partial charge < -0.3 is 0 Å². The SMILES string of the molecule is Cc1cc2cccc(C=O)n2n1. The van der Waals surface area contributed by atoms with E-state index in [2.05, 4.69) is 5.10 Å². The van der Waals surface area contributed by atoms with E-state index in [0.717, 1.165) is 17.5 Å². The van der Waals surface area contributed by atoms with Gasteiger partial charge in [-0.3, -0.25) is 4.79 Å². The molecule has 0 aliphatic rings. The number of nitrogens with zero attached hydrogens (tertiary/aromatic N) is 2. The number of aryl methyl sites for hydroxylation is 1. The number of rotatable bonds is 1. The summed E-state index contributed by atoms with van der Waals surface area (Å²) in [7, 11) is 0. The van der Waals surface area contributed by atoms with Crippen LogP contribution in [0.25, 0.3) is 5.52 Å². The minimum Gasteiger partial charge on any atom is -0.296 e. The van der Waals surface area contributed by atoms with Crippen molar-refractivity contribution in [3.8, 4) is 0 Å². The molecule has 0 spiro atoms. The highest BCUT2D eigenvalue weighted by molar-refractivity contribution is 5.74. The highest BCUT2D eigenvalue weighted by Gasteiger charge is 2.00. The first-order valence-corrected chi connectivity index (χ1v) is 3.72. The second kappa shape index (κ2) is 2.44. The van der Waals surface area contributed by atoms with Gasteiger partial charge in [-0.1, -0.05) is 6.07 Å². The minimum absolute atomic E-state index is 0.584. The van der Waals surface area contributed by atoms with E-state index in [1.165, 1.54) is 0 Å². The molecule has 0 fully saturated rings. The number of pyridine rings is 1. The van der Waals surface area contributed by atoms with Crippen LogP contribution in [-0.4, -0.2) is 15.9 Å². The van der Waals surface area contributed by atoms with Crippen molar-refractivity contribution >= 4 is 11.8 Å². The number of hydrogen-bond donors (Lipinski definition) is 0. The second-order valence-corrected chi connectivity index (χ2v) is 2.69. The molecule has 0 aliphatic heterocycles. The van der Waals surface area contributed by atoms with E-state index in [0.29, 0.717) is 5.69 Å². The summed E-state index contributed by atoms with van der Waals surface area (Å²) in [5, 5.41) is 4.17. The van der Waals surface area contributed by atoms with Crippen LogP contribution in [0.4, 0.5) is 0 Å². The summed E-state index contributed by atoms with van der Waals surface area (Å²) in [6.07, 6.45) is 0.805. The highest BCUT2D eigenvalue weighted by Crippen LogP contribution is 2.07. The molecule has 0 atom stereocenters. The zero-order chi connectivity index (χ0) is 8.55. The fourth-order valence-electron chi connectivity index (χ4n) is 1.25. The van der Waals surface area contributed by atoms with Crippen molar-refractivity contribution in [1.82, 2.24) is 9.61 Å². The number of aldehydes is 1. The molecule has 2 aromatic heterocycles. The van der Waals surface area contributed by atoms with Gasteiger partial charge in [-0.25, -0.2) is 4.52 Å². The molecule has 0 saturated carbocycles. The van der Waals surface area contributed by atoms with Gasteiger partial charge in [0, 0.05) is 0 Å². The van der Waals surface area contributed by atoms with Gasteiger partial charge in [-0.05, 0) is 25.1 Å². The number of fused-ring (bicyclic) bond motifs is 1. The van der Waals surface area contributed by atoms with E-state index in [1.54, 1.807) is 10.6 Å². The molecular formula is C9H8N2O. The average Bonchev–Trinajstić information content (AvgIpc) is 2.44. The molecule has 0 aromatic carbocycles. The molecule has 3 nitrogen and oxygen atoms in total. The van der Waals surface area contributed by atoms with Gasteiger partial charge in [0.2, 0.25) is 0 Å². The minimum atomic E-state index is 0.584. The summed E-state index contributed by atoms with van der Waals surface area (Å²) in [6, 6.07) is 7.45. The maximum absolute atomic E-state index is 10.6. The molecular weight excluding hydrogens is 152 g/mol. The Bertz CT molecular complexity index is 431. The summed E-state index contributed by atoms with van der Waals surface area (Å²) in [5.41, 5.74) is 2.46. The summed E-state index contributed by atoms with van der Waals surface area (Å²) in [5.74, 6) is 0. The molecule has 0 aliphatic carbocycles. The Morgan fingerprint density at radius 3 is 3.08 bits per heavy atom. The van der Waals surface area contributed by atoms with Crippen molar-refractivity contribution in [1.29, 1.82) is 0 Å². The average molecular weight is 160 g/mol. The third kappa shape index (κ3) is 0.906. The molecule has 0 unspecified atom stereocenters. The van der Waals surface area contributed by atoms with Crippen molar-refractivity contribution in [2.75, 3.05) is 0 Å². The third-order valence-corrected chi connectivity index (χ3v) is 1.76. The monoisotopic (exact) mass is 160 g/mol. The van der Waals surface area contributed by atoms with E-state index in [-0.39, 0.29) is 0 Å². The standard InChI is InChI=1S/C9H8N2O/c1-7-5-8-3-2-4-9(6-12)11(8)10-7/h2-6H,1H3. The molecule has 0 N–H and O–H groups in total. The van der Waals surface area contributed by atoms with Gasteiger partial charge in [0.1, 0.15) is 5.69 Å². The van der Waals surface area contributed by atoms with Crippen LogP contribution < -0.4 is 0 Å². The smallest absolute Gasteiger partial charge is 0.168 e. The normalized spacial score (nSPS) is 10.4. The number of carbonyl (C=O) groups excluding carboxylic acids is 1. The zero-order valence-electron chi connectivity index (χ0n) is 6.69.